The zero-order valence-electron chi connectivity index (χ0n) is 20.7. The minimum absolute atomic E-state index is 0. The predicted molar refractivity (Wildman–Crippen MR) is 142 cm³/mol. The summed E-state index contributed by atoms with van der Waals surface area (Å²) >= 11 is 0. The van der Waals surface area contributed by atoms with Crippen molar-refractivity contribution >= 4 is 28.4 Å². The first kappa shape index (κ1) is 27.6. The second-order valence-electron chi connectivity index (χ2n) is 8.80. The van der Waals surface area contributed by atoms with Crippen LogP contribution in [0.1, 0.15) is 31.7 Å². The Hall–Kier alpha value is -2.95. The van der Waals surface area contributed by atoms with Crippen LogP contribution in [0.4, 0.5) is 5.95 Å². The summed E-state index contributed by atoms with van der Waals surface area (Å²) in [5.74, 6) is 1.27. The maximum Gasteiger partial charge on any atom is 0.258 e. The van der Waals surface area contributed by atoms with Gasteiger partial charge in [0.1, 0.15) is 11.9 Å². The third-order valence-corrected chi connectivity index (χ3v) is 7.87. The average Bonchev–Trinajstić information content (AvgIpc) is 2.85. The summed E-state index contributed by atoms with van der Waals surface area (Å²) in [6.45, 7) is 3.72. The summed E-state index contributed by atoms with van der Waals surface area (Å²) in [7, 11) is -0.559. The summed E-state index contributed by atoms with van der Waals surface area (Å²) in [5, 5.41) is 0. The number of pyridine rings is 1. The molecule has 3 aromatic rings. The van der Waals surface area contributed by atoms with E-state index in [-0.39, 0.29) is 29.0 Å². The van der Waals surface area contributed by atoms with Gasteiger partial charge >= 0.3 is 0 Å². The fraction of sp³-hybridized carbons (Fsp3) is 0.400. The lowest BCUT2D eigenvalue weighted by atomic mass is 10.1. The van der Waals surface area contributed by atoms with E-state index in [1.807, 2.05) is 12.4 Å². The van der Waals surface area contributed by atoms with Gasteiger partial charge in [-0.05, 0) is 42.3 Å². The van der Waals surface area contributed by atoms with Gasteiger partial charge in [0.25, 0.3) is 5.56 Å². The molecule has 0 aliphatic carbocycles. The summed E-state index contributed by atoms with van der Waals surface area (Å²) in [6, 6.07) is 9.45. The highest BCUT2D eigenvalue weighted by atomic mass is 35.5. The number of rotatable bonds is 8. The average molecular weight is 534 g/mol. The van der Waals surface area contributed by atoms with Crippen molar-refractivity contribution in [2.24, 2.45) is 0 Å². The lowest BCUT2D eigenvalue weighted by Crippen LogP contribution is -2.39. The van der Waals surface area contributed by atoms with Crippen LogP contribution < -0.4 is 15.2 Å². The van der Waals surface area contributed by atoms with E-state index in [4.69, 9.17) is 4.74 Å². The lowest BCUT2D eigenvalue weighted by molar-refractivity contribution is 0.170. The lowest BCUT2D eigenvalue weighted by Gasteiger charge is -2.32. The van der Waals surface area contributed by atoms with Crippen molar-refractivity contribution in [1.29, 1.82) is 0 Å². The van der Waals surface area contributed by atoms with Crippen LogP contribution in [0.15, 0.2) is 64.7 Å². The van der Waals surface area contributed by atoms with E-state index in [1.165, 1.54) is 36.9 Å². The van der Waals surface area contributed by atoms with Crippen molar-refractivity contribution in [2.45, 2.75) is 43.6 Å². The molecular weight excluding hydrogens is 502 g/mol. The molecule has 1 saturated heterocycles. The van der Waals surface area contributed by atoms with Gasteiger partial charge in [0.05, 0.1) is 4.90 Å². The molecule has 1 aliphatic heterocycles. The number of aryl methyl sites for hydroxylation is 1. The molecule has 194 valence electrons. The van der Waals surface area contributed by atoms with Crippen molar-refractivity contribution < 1.29 is 13.2 Å². The second-order valence-corrected chi connectivity index (χ2v) is 10.9. The van der Waals surface area contributed by atoms with Gasteiger partial charge in [-0.2, -0.15) is 0 Å². The van der Waals surface area contributed by atoms with Gasteiger partial charge in [-0.1, -0.05) is 13.3 Å². The number of halogens is 1. The molecule has 0 amide bonds. The Bertz CT molecular complexity index is 1300. The van der Waals surface area contributed by atoms with Crippen LogP contribution in [0.5, 0.6) is 5.75 Å². The Morgan fingerprint density at radius 1 is 1.06 bits per heavy atom. The van der Waals surface area contributed by atoms with E-state index in [9.17, 15) is 13.2 Å². The molecule has 0 unspecified atom stereocenters. The molecule has 4 rings (SSSR count). The molecule has 36 heavy (non-hydrogen) atoms. The minimum Gasteiger partial charge on any atom is -0.490 e. The molecule has 1 aliphatic rings. The SMILES string of the molecule is CCCc1cnc(N2CCC(Oc3ccn(-c4ccc(S(=O)(=O)N(C)C)cc4)c(=O)c3)CC2)nc1.Cl. The molecule has 2 aromatic heterocycles. The number of nitrogens with zero attached hydrogens (tertiary/aromatic N) is 5. The highest BCUT2D eigenvalue weighted by Gasteiger charge is 2.22. The number of piperidine rings is 1. The summed E-state index contributed by atoms with van der Waals surface area (Å²) in [4.78, 5) is 24.1. The Kier molecular flexibility index (Phi) is 9.10. The third kappa shape index (κ3) is 6.24. The van der Waals surface area contributed by atoms with Gasteiger partial charge in [0, 0.05) is 70.4 Å². The third-order valence-electron chi connectivity index (χ3n) is 6.04. The van der Waals surface area contributed by atoms with Crippen LogP contribution >= 0.6 is 12.4 Å². The van der Waals surface area contributed by atoms with E-state index in [0.717, 1.165) is 54.6 Å². The van der Waals surface area contributed by atoms with Crippen LogP contribution in [0.2, 0.25) is 0 Å². The number of hydrogen-bond donors (Lipinski definition) is 0. The van der Waals surface area contributed by atoms with E-state index >= 15 is 0 Å². The van der Waals surface area contributed by atoms with Gasteiger partial charge in [0.15, 0.2) is 0 Å². The molecule has 0 atom stereocenters. The topological polar surface area (TPSA) is 97.6 Å². The summed E-state index contributed by atoms with van der Waals surface area (Å²) in [5.41, 5.74) is 1.49. The number of benzene rings is 1. The molecule has 0 saturated carbocycles. The number of anilines is 1. The Morgan fingerprint density at radius 2 is 1.69 bits per heavy atom. The molecule has 0 radical (unpaired) electrons. The maximum absolute atomic E-state index is 12.7. The standard InChI is InChI=1S/C25H31N5O4S.ClH/c1-4-5-19-17-26-25(27-18-19)29-13-10-21(11-14-29)34-22-12-15-30(24(31)16-22)20-6-8-23(9-7-20)35(32,33)28(2)3;/h6-9,12,15-18,21H,4-5,10-11,13-14H2,1-3H3;1H. The first-order valence-electron chi connectivity index (χ1n) is 11.8. The summed E-state index contributed by atoms with van der Waals surface area (Å²) in [6.07, 6.45) is 9.14. The van der Waals surface area contributed by atoms with Gasteiger partial charge in [0.2, 0.25) is 16.0 Å². The molecule has 9 nitrogen and oxygen atoms in total. The molecule has 1 aromatic carbocycles. The van der Waals surface area contributed by atoms with Gasteiger partial charge < -0.3 is 9.64 Å². The van der Waals surface area contributed by atoms with Crippen molar-refractivity contribution in [3.05, 3.63) is 70.9 Å². The molecular formula is C25H32ClN5O4S. The Labute approximate surface area is 218 Å². The van der Waals surface area contributed by atoms with E-state index in [0.29, 0.717) is 11.4 Å². The fourth-order valence-corrected chi connectivity index (χ4v) is 4.93. The first-order valence-corrected chi connectivity index (χ1v) is 13.2. The number of hydrogen-bond acceptors (Lipinski definition) is 7. The molecule has 0 spiro atoms. The van der Waals surface area contributed by atoms with Crippen LogP contribution in [0.3, 0.4) is 0 Å². The van der Waals surface area contributed by atoms with Crippen LogP contribution in [0, 0.1) is 0 Å². The van der Waals surface area contributed by atoms with Crippen LogP contribution in [0.25, 0.3) is 5.69 Å². The van der Waals surface area contributed by atoms with Crippen molar-refractivity contribution in [3.8, 4) is 11.4 Å². The monoisotopic (exact) mass is 533 g/mol. The Morgan fingerprint density at radius 3 is 2.25 bits per heavy atom. The number of sulfonamides is 1. The molecule has 0 bridgehead atoms. The van der Waals surface area contributed by atoms with Gasteiger partial charge in [-0.25, -0.2) is 22.7 Å². The van der Waals surface area contributed by atoms with Gasteiger partial charge in [-0.3, -0.25) is 9.36 Å². The molecule has 11 heteroatoms. The van der Waals surface area contributed by atoms with E-state index < -0.39 is 10.0 Å². The first-order chi connectivity index (χ1) is 16.8. The maximum atomic E-state index is 12.7. The second kappa shape index (κ2) is 11.9. The van der Waals surface area contributed by atoms with Gasteiger partial charge in [-0.15, -0.1) is 12.4 Å². The highest BCUT2D eigenvalue weighted by molar-refractivity contribution is 7.89. The predicted octanol–water partition coefficient (Wildman–Crippen LogP) is 3.30. The quantitative estimate of drug-likeness (QED) is 0.438. The smallest absolute Gasteiger partial charge is 0.258 e. The van der Waals surface area contributed by atoms with Crippen LogP contribution in [-0.4, -0.2) is 60.5 Å². The normalized spacial score (nSPS) is 14.5. The van der Waals surface area contributed by atoms with E-state index in [2.05, 4.69) is 21.8 Å². The minimum atomic E-state index is -3.52. The van der Waals surface area contributed by atoms with E-state index in [1.54, 1.807) is 24.4 Å². The summed E-state index contributed by atoms with van der Waals surface area (Å²) < 4.78 is 33.2. The zero-order chi connectivity index (χ0) is 25.0. The Balaban J connectivity index is 0.00000361. The largest absolute Gasteiger partial charge is 0.490 e. The number of aromatic nitrogens is 3. The van der Waals surface area contributed by atoms with Crippen LogP contribution in [-0.2, 0) is 16.4 Å². The zero-order valence-corrected chi connectivity index (χ0v) is 22.3. The molecule has 0 N–H and O–H groups in total. The number of ether oxygens (including phenoxy) is 1. The molecule has 1 fully saturated rings. The van der Waals surface area contributed by atoms with Crippen molar-refractivity contribution in [3.63, 3.8) is 0 Å². The highest BCUT2D eigenvalue weighted by Crippen LogP contribution is 2.21. The fourth-order valence-electron chi connectivity index (χ4n) is 4.03. The van der Waals surface area contributed by atoms with Crippen molar-refractivity contribution in [1.82, 2.24) is 18.8 Å². The molecule has 3 heterocycles. The van der Waals surface area contributed by atoms with Crippen molar-refractivity contribution in [2.75, 3.05) is 32.1 Å².